The lowest BCUT2D eigenvalue weighted by Gasteiger charge is -2.40. The first-order chi connectivity index (χ1) is 8.35. The lowest BCUT2D eigenvalue weighted by Crippen LogP contribution is -2.53. The molecule has 0 saturated carbocycles. The summed E-state index contributed by atoms with van der Waals surface area (Å²) in [6.07, 6.45) is 4.18. The number of piperidine rings is 1. The smallest absolute Gasteiger partial charge is 0.0261 e. The highest BCUT2D eigenvalue weighted by Crippen LogP contribution is 2.23. The second-order valence-corrected chi connectivity index (χ2v) is 5.55. The van der Waals surface area contributed by atoms with Crippen LogP contribution < -0.4 is 5.32 Å². The van der Waals surface area contributed by atoms with Crippen LogP contribution >= 0.6 is 0 Å². The number of likely N-dealkylation sites (tertiary alicyclic amines) is 1. The van der Waals surface area contributed by atoms with Gasteiger partial charge in [0.1, 0.15) is 0 Å². The summed E-state index contributed by atoms with van der Waals surface area (Å²) in [6.45, 7) is 13.4. The summed E-state index contributed by atoms with van der Waals surface area (Å²) < 4.78 is 0. The Labute approximate surface area is 107 Å². The molecule has 0 bridgehead atoms. The van der Waals surface area contributed by atoms with Gasteiger partial charge < -0.3 is 10.2 Å². The summed E-state index contributed by atoms with van der Waals surface area (Å²) in [7, 11) is 0. The normalized spacial score (nSPS) is 31.2. The van der Waals surface area contributed by atoms with Gasteiger partial charge in [-0.25, -0.2) is 0 Å². The highest BCUT2D eigenvalue weighted by Gasteiger charge is 2.31. The van der Waals surface area contributed by atoms with Crippen molar-refractivity contribution in [1.82, 2.24) is 15.1 Å². The summed E-state index contributed by atoms with van der Waals surface area (Å²) in [6, 6.07) is 0.798. The topological polar surface area (TPSA) is 18.5 Å². The molecule has 0 radical (unpaired) electrons. The summed E-state index contributed by atoms with van der Waals surface area (Å²) in [4.78, 5) is 5.33. The molecule has 2 heterocycles. The van der Waals surface area contributed by atoms with E-state index in [4.69, 9.17) is 0 Å². The van der Waals surface area contributed by atoms with Crippen molar-refractivity contribution in [1.29, 1.82) is 0 Å². The molecule has 2 unspecified atom stereocenters. The Morgan fingerprint density at radius 3 is 2.53 bits per heavy atom. The lowest BCUT2D eigenvalue weighted by molar-refractivity contribution is 0.107. The minimum absolute atomic E-state index is 0.798. The molecule has 0 spiro atoms. The van der Waals surface area contributed by atoms with E-state index in [1.165, 1.54) is 65.1 Å². The Morgan fingerprint density at radius 2 is 1.88 bits per heavy atom. The molecule has 2 aliphatic heterocycles. The van der Waals surface area contributed by atoms with E-state index in [1.54, 1.807) is 0 Å². The minimum Gasteiger partial charge on any atom is -0.315 e. The molecule has 2 aliphatic rings. The molecule has 2 atom stereocenters. The largest absolute Gasteiger partial charge is 0.315 e. The van der Waals surface area contributed by atoms with E-state index in [0.29, 0.717) is 0 Å². The van der Waals surface area contributed by atoms with Crippen LogP contribution in [0.15, 0.2) is 0 Å². The molecular weight excluding hydrogens is 210 g/mol. The first-order valence-corrected chi connectivity index (χ1v) is 7.52. The number of nitrogens with zero attached hydrogens (tertiary/aromatic N) is 2. The summed E-state index contributed by atoms with van der Waals surface area (Å²) >= 11 is 0. The molecule has 0 amide bonds. The third-order valence-electron chi connectivity index (χ3n) is 4.59. The molecule has 0 aromatic heterocycles. The van der Waals surface area contributed by atoms with Gasteiger partial charge in [-0.15, -0.1) is 0 Å². The molecule has 17 heavy (non-hydrogen) atoms. The fraction of sp³-hybridized carbons (Fsp3) is 1.00. The van der Waals surface area contributed by atoms with Gasteiger partial charge in [0.25, 0.3) is 0 Å². The van der Waals surface area contributed by atoms with E-state index in [0.717, 1.165) is 12.0 Å². The average Bonchev–Trinajstić information content (AvgIpc) is 2.90. The van der Waals surface area contributed by atoms with Crippen LogP contribution in [0.4, 0.5) is 0 Å². The molecular formula is C14H29N3. The van der Waals surface area contributed by atoms with Crippen LogP contribution in [0.25, 0.3) is 0 Å². The summed E-state index contributed by atoms with van der Waals surface area (Å²) in [5.74, 6) is 0.884. The van der Waals surface area contributed by atoms with Crippen LogP contribution in [-0.4, -0.2) is 61.7 Å². The zero-order valence-electron chi connectivity index (χ0n) is 11.6. The van der Waals surface area contributed by atoms with E-state index in [-0.39, 0.29) is 0 Å². The summed E-state index contributed by atoms with van der Waals surface area (Å²) in [5, 5.41) is 3.59. The first kappa shape index (κ1) is 13.3. The van der Waals surface area contributed by atoms with Crippen LogP contribution in [0.5, 0.6) is 0 Å². The minimum atomic E-state index is 0.798. The van der Waals surface area contributed by atoms with Crippen molar-refractivity contribution in [2.24, 2.45) is 5.92 Å². The van der Waals surface area contributed by atoms with Gasteiger partial charge in [0.15, 0.2) is 0 Å². The van der Waals surface area contributed by atoms with Gasteiger partial charge in [-0.2, -0.15) is 0 Å². The van der Waals surface area contributed by atoms with Crippen molar-refractivity contribution in [3.8, 4) is 0 Å². The Hall–Kier alpha value is -0.120. The van der Waals surface area contributed by atoms with Crippen LogP contribution in [0.2, 0.25) is 0 Å². The maximum absolute atomic E-state index is 3.59. The van der Waals surface area contributed by atoms with Crippen LogP contribution in [0.3, 0.4) is 0 Å². The number of rotatable bonds is 5. The van der Waals surface area contributed by atoms with Gasteiger partial charge in [0, 0.05) is 19.1 Å². The lowest BCUT2D eigenvalue weighted by atomic mass is 9.91. The zero-order chi connectivity index (χ0) is 12.1. The Kier molecular flexibility index (Phi) is 5.26. The fourth-order valence-corrected chi connectivity index (χ4v) is 3.42. The molecule has 2 fully saturated rings. The van der Waals surface area contributed by atoms with Crippen molar-refractivity contribution in [3.63, 3.8) is 0 Å². The maximum atomic E-state index is 3.59. The molecule has 3 nitrogen and oxygen atoms in total. The van der Waals surface area contributed by atoms with Crippen molar-refractivity contribution in [2.75, 3.05) is 45.8 Å². The highest BCUT2D eigenvalue weighted by molar-refractivity contribution is 4.89. The average molecular weight is 239 g/mol. The maximum Gasteiger partial charge on any atom is 0.0261 e. The zero-order valence-corrected chi connectivity index (χ0v) is 11.6. The van der Waals surface area contributed by atoms with E-state index < -0.39 is 0 Å². The van der Waals surface area contributed by atoms with Crippen molar-refractivity contribution in [3.05, 3.63) is 0 Å². The number of nitrogens with one attached hydrogen (secondary N) is 1. The van der Waals surface area contributed by atoms with E-state index >= 15 is 0 Å². The molecule has 3 heteroatoms. The number of hydrogen-bond acceptors (Lipinski definition) is 3. The second-order valence-electron chi connectivity index (χ2n) is 5.55. The molecule has 1 N–H and O–H groups in total. The standard InChI is InChI=1S/C14H29N3/c1-3-16(4-2)12-13-7-8-15-11-14(13)17-9-5-6-10-17/h13-15H,3-12H2,1-2H3. The molecule has 100 valence electrons. The second kappa shape index (κ2) is 6.72. The van der Waals surface area contributed by atoms with Gasteiger partial charge in [-0.1, -0.05) is 13.8 Å². The van der Waals surface area contributed by atoms with Crippen LogP contribution in [-0.2, 0) is 0 Å². The molecule has 0 aliphatic carbocycles. The van der Waals surface area contributed by atoms with E-state index in [1.807, 2.05) is 0 Å². The SMILES string of the molecule is CCN(CC)CC1CCNCC1N1CCCC1. The van der Waals surface area contributed by atoms with Crippen molar-refractivity contribution < 1.29 is 0 Å². The molecule has 2 saturated heterocycles. The fourth-order valence-electron chi connectivity index (χ4n) is 3.42. The predicted molar refractivity (Wildman–Crippen MR) is 73.4 cm³/mol. The van der Waals surface area contributed by atoms with Gasteiger partial charge in [0.2, 0.25) is 0 Å². The molecule has 0 aromatic carbocycles. The Balaban J connectivity index is 1.91. The molecule has 2 rings (SSSR count). The van der Waals surface area contributed by atoms with Gasteiger partial charge >= 0.3 is 0 Å². The monoisotopic (exact) mass is 239 g/mol. The Bertz CT molecular complexity index is 210. The van der Waals surface area contributed by atoms with Crippen molar-refractivity contribution >= 4 is 0 Å². The van der Waals surface area contributed by atoms with Gasteiger partial charge in [0.05, 0.1) is 0 Å². The molecule has 0 aromatic rings. The van der Waals surface area contributed by atoms with Crippen LogP contribution in [0, 0.1) is 5.92 Å². The third-order valence-corrected chi connectivity index (χ3v) is 4.59. The van der Waals surface area contributed by atoms with Gasteiger partial charge in [-0.3, -0.25) is 4.90 Å². The predicted octanol–water partition coefficient (Wildman–Crippen LogP) is 1.40. The Morgan fingerprint density at radius 1 is 1.18 bits per heavy atom. The van der Waals surface area contributed by atoms with E-state index in [2.05, 4.69) is 29.0 Å². The quantitative estimate of drug-likeness (QED) is 0.782. The first-order valence-electron chi connectivity index (χ1n) is 7.52. The summed E-state index contributed by atoms with van der Waals surface area (Å²) in [5.41, 5.74) is 0. The van der Waals surface area contributed by atoms with Gasteiger partial charge in [-0.05, 0) is 57.9 Å². The van der Waals surface area contributed by atoms with E-state index in [9.17, 15) is 0 Å². The van der Waals surface area contributed by atoms with Crippen LogP contribution in [0.1, 0.15) is 33.1 Å². The third kappa shape index (κ3) is 3.43. The number of hydrogen-bond donors (Lipinski definition) is 1. The highest BCUT2D eigenvalue weighted by atomic mass is 15.2. The van der Waals surface area contributed by atoms with Crippen molar-refractivity contribution in [2.45, 2.75) is 39.2 Å².